The molecule has 0 unspecified atom stereocenters. The zero-order chi connectivity index (χ0) is 26.5. The van der Waals surface area contributed by atoms with Gasteiger partial charge in [0.05, 0.1) is 26.7 Å². The molecule has 0 fully saturated rings. The molecule has 0 aliphatic rings. The van der Waals surface area contributed by atoms with Gasteiger partial charge >= 0.3 is 0 Å². The van der Waals surface area contributed by atoms with Crippen LogP contribution < -0.4 is 14.2 Å². The third-order valence-electron chi connectivity index (χ3n) is 6.47. The van der Waals surface area contributed by atoms with Crippen molar-refractivity contribution in [3.63, 3.8) is 0 Å². The third-order valence-corrected chi connectivity index (χ3v) is 7.34. The first-order chi connectivity index (χ1) is 17.8. The summed E-state index contributed by atoms with van der Waals surface area (Å²) >= 11 is 0. The van der Waals surface area contributed by atoms with Gasteiger partial charge in [-0.05, 0) is 70.8 Å². The van der Waals surface area contributed by atoms with Crippen LogP contribution in [-0.4, -0.2) is 29.4 Å². The summed E-state index contributed by atoms with van der Waals surface area (Å²) in [5, 5.41) is 0. The molecular weight excluding hydrogens is 472 g/mol. The minimum absolute atomic E-state index is 0.588. The molecule has 0 spiro atoms. The lowest BCUT2D eigenvalue weighted by Crippen LogP contribution is -2.31. The van der Waals surface area contributed by atoms with Gasteiger partial charge in [-0.1, -0.05) is 74.1 Å². The van der Waals surface area contributed by atoms with Gasteiger partial charge in [-0.3, -0.25) is 0 Å². The molecule has 0 aliphatic carbocycles. The Morgan fingerprint density at radius 2 is 0.784 bits per heavy atom. The SMILES string of the molecule is COc1ccc(C(c2ccc(C#C[Si](C)(C)C)cc2)(c2ccc(OC)cc2)c2ccc(OC)cc2)cc1. The lowest BCUT2D eigenvalue weighted by molar-refractivity contribution is 0.414. The lowest BCUT2D eigenvalue weighted by atomic mass is 9.65. The fourth-order valence-electron chi connectivity index (χ4n) is 4.59. The van der Waals surface area contributed by atoms with Crippen LogP contribution >= 0.6 is 0 Å². The predicted octanol–water partition coefficient (Wildman–Crippen LogP) is 7.32. The highest BCUT2D eigenvalue weighted by atomic mass is 28.3. The molecule has 4 aromatic rings. The van der Waals surface area contributed by atoms with Gasteiger partial charge in [-0.25, -0.2) is 0 Å². The number of ether oxygens (including phenoxy) is 3. The monoisotopic (exact) mass is 506 g/mol. The van der Waals surface area contributed by atoms with Crippen molar-refractivity contribution in [2.75, 3.05) is 21.3 Å². The van der Waals surface area contributed by atoms with E-state index in [0.717, 1.165) is 45.1 Å². The summed E-state index contributed by atoms with van der Waals surface area (Å²) in [6, 6.07) is 33.7. The van der Waals surface area contributed by atoms with Crippen LogP contribution in [0.2, 0.25) is 19.6 Å². The van der Waals surface area contributed by atoms with Gasteiger partial charge in [-0.15, -0.1) is 5.54 Å². The average Bonchev–Trinajstić information content (AvgIpc) is 2.93. The summed E-state index contributed by atoms with van der Waals surface area (Å²) < 4.78 is 16.5. The lowest BCUT2D eigenvalue weighted by Gasteiger charge is -2.37. The van der Waals surface area contributed by atoms with Gasteiger partial charge < -0.3 is 14.2 Å². The molecule has 0 saturated heterocycles. The largest absolute Gasteiger partial charge is 0.497 e. The third kappa shape index (κ3) is 5.58. The van der Waals surface area contributed by atoms with Crippen molar-refractivity contribution in [1.29, 1.82) is 0 Å². The van der Waals surface area contributed by atoms with Crippen LogP contribution in [-0.2, 0) is 5.41 Å². The van der Waals surface area contributed by atoms with Gasteiger partial charge in [0, 0.05) is 5.56 Å². The predicted molar refractivity (Wildman–Crippen MR) is 155 cm³/mol. The summed E-state index contributed by atoms with van der Waals surface area (Å²) in [6.07, 6.45) is 0. The highest BCUT2D eigenvalue weighted by Crippen LogP contribution is 2.46. The summed E-state index contributed by atoms with van der Waals surface area (Å²) in [4.78, 5) is 0. The number of hydrogen-bond donors (Lipinski definition) is 0. The van der Waals surface area contributed by atoms with Gasteiger partial charge in [-0.2, -0.15) is 0 Å². The molecule has 3 nitrogen and oxygen atoms in total. The summed E-state index contributed by atoms with van der Waals surface area (Å²) in [5.74, 6) is 5.85. The molecule has 0 aromatic heterocycles. The van der Waals surface area contributed by atoms with E-state index in [1.54, 1.807) is 21.3 Å². The fourth-order valence-corrected chi connectivity index (χ4v) is 5.11. The van der Waals surface area contributed by atoms with Crippen molar-refractivity contribution >= 4 is 8.07 Å². The van der Waals surface area contributed by atoms with Gasteiger partial charge in [0.15, 0.2) is 0 Å². The van der Waals surface area contributed by atoms with Crippen LogP contribution in [0, 0.1) is 11.5 Å². The van der Waals surface area contributed by atoms with E-state index in [4.69, 9.17) is 14.2 Å². The van der Waals surface area contributed by atoms with E-state index in [2.05, 4.69) is 91.8 Å². The first-order valence-electron chi connectivity index (χ1n) is 12.4. The molecular formula is C33H34O3Si. The minimum Gasteiger partial charge on any atom is -0.497 e. The van der Waals surface area contributed by atoms with Crippen LogP contribution in [0.25, 0.3) is 0 Å². The highest BCUT2D eigenvalue weighted by Gasteiger charge is 2.38. The molecule has 4 aromatic carbocycles. The molecule has 0 aliphatic heterocycles. The van der Waals surface area contributed by atoms with Crippen molar-refractivity contribution in [3.8, 4) is 28.7 Å². The van der Waals surface area contributed by atoms with Gasteiger partial charge in [0.2, 0.25) is 0 Å². The van der Waals surface area contributed by atoms with Crippen LogP contribution in [0.1, 0.15) is 27.8 Å². The van der Waals surface area contributed by atoms with Crippen molar-refractivity contribution in [2.45, 2.75) is 25.1 Å². The number of rotatable bonds is 7. The Bertz CT molecular complexity index is 1250. The van der Waals surface area contributed by atoms with Gasteiger partial charge in [0.25, 0.3) is 0 Å². The Kier molecular flexibility index (Phi) is 7.76. The number of methoxy groups -OCH3 is 3. The first-order valence-corrected chi connectivity index (χ1v) is 15.9. The Labute approximate surface area is 222 Å². The molecule has 0 radical (unpaired) electrons. The quantitative estimate of drug-likeness (QED) is 0.149. The molecule has 0 atom stereocenters. The van der Waals surface area contributed by atoms with Crippen LogP contribution in [0.4, 0.5) is 0 Å². The zero-order valence-corrected chi connectivity index (χ0v) is 23.5. The van der Waals surface area contributed by atoms with E-state index in [0.29, 0.717) is 0 Å². The minimum atomic E-state index is -1.47. The number of benzene rings is 4. The second-order valence-electron chi connectivity index (χ2n) is 10.0. The standard InChI is InChI=1S/C33H34O3Si/c1-34-30-17-11-27(12-18-30)33(28-13-19-31(35-2)20-14-28,29-15-21-32(36-3)22-16-29)26-9-7-25(8-10-26)23-24-37(4,5)6/h7-22H,1-6H3. The average molecular weight is 507 g/mol. The normalized spacial score (nSPS) is 11.3. The molecule has 0 N–H and O–H groups in total. The summed E-state index contributed by atoms with van der Waals surface area (Å²) in [7, 11) is 3.60. The van der Waals surface area contributed by atoms with Gasteiger partial charge in [0.1, 0.15) is 25.3 Å². The smallest absolute Gasteiger partial charge is 0.129 e. The van der Waals surface area contributed by atoms with Crippen molar-refractivity contribution in [2.24, 2.45) is 0 Å². The molecule has 188 valence electrons. The molecule has 0 amide bonds. The Balaban J connectivity index is 2.01. The number of hydrogen-bond acceptors (Lipinski definition) is 3. The maximum absolute atomic E-state index is 5.48. The van der Waals surface area contributed by atoms with Crippen molar-refractivity contribution in [3.05, 3.63) is 125 Å². The van der Waals surface area contributed by atoms with E-state index in [9.17, 15) is 0 Å². The molecule has 4 heteroatoms. The molecule has 0 bridgehead atoms. The molecule has 4 rings (SSSR count). The van der Waals surface area contributed by atoms with E-state index >= 15 is 0 Å². The van der Waals surface area contributed by atoms with E-state index in [1.165, 1.54) is 0 Å². The Hall–Kier alpha value is -3.94. The van der Waals surface area contributed by atoms with Crippen molar-refractivity contribution in [1.82, 2.24) is 0 Å². The maximum atomic E-state index is 5.48. The topological polar surface area (TPSA) is 27.7 Å². The van der Waals surface area contributed by atoms with Crippen LogP contribution in [0.5, 0.6) is 17.2 Å². The first kappa shape index (κ1) is 26.1. The molecule has 0 heterocycles. The second-order valence-corrected chi connectivity index (χ2v) is 14.8. The summed E-state index contributed by atoms with van der Waals surface area (Å²) in [6.45, 7) is 6.78. The summed E-state index contributed by atoms with van der Waals surface area (Å²) in [5.41, 5.74) is 8.45. The second kappa shape index (κ2) is 11.0. The fraction of sp³-hybridized carbons (Fsp3) is 0.212. The molecule has 37 heavy (non-hydrogen) atoms. The molecule has 0 saturated carbocycles. The van der Waals surface area contributed by atoms with Crippen LogP contribution in [0.15, 0.2) is 97.1 Å². The highest BCUT2D eigenvalue weighted by molar-refractivity contribution is 6.83. The Morgan fingerprint density at radius 3 is 1.05 bits per heavy atom. The maximum Gasteiger partial charge on any atom is 0.129 e. The zero-order valence-electron chi connectivity index (χ0n) is 22.5. The van der Waals surface area contributed by atoms with E-state index in [1.807, 2.05) is 36.4 Å². The van der Waals surface area contributed by atoms with E-state index < -0.39 is 13.5 Å². The van der Waals surface area contributed by atoms with Crippen LogP contribution in [0.3, 0.4) is 0 Å². The Morgan fingerprint density at radius 1 is 0.486 bits per heavy atom. The van der Waals surface area contributed by atoms with E-state index in [-0.39, 0.29) is 0 Å². The van der Waals surface area contributed by atoms with Crippen molar-refractivity contribution < 1.29 is 14.2 Å².